The molecule has 0 N–H and O–H groups in total. The molecular formula is C20H18N2O3S. The van der Waals surface area contributed by atoms with Gasteiger partial charge in [-0.15, -0.1) is 11.3 Å². The first-order chi connectivity index (χ1) is 12.6. The van der Waals surface area contributed by atoms with Crippen LogP contribution in [0.3, 0.4) is 0 Å². The second kappa shape index (κ2) is 6.53. The lowest BCUT2D eigenvalue weighted by Crippen LogP contribution is -2.19. The average molecular weight is 366 g/mol. The number of hydrogen-bond donors (Lipinski definition) is 0. The van der Waals surface area contributed by atoms with E-state index in [1.54, 1.807) is 28.0 Å². The maximum absolute atomic E-state index is 12.8. The molecule has 5 nitrogen and oxygen atoms in total. The molecule has 0 amide bonds. The second-order valence-electron chi connectivity index (χ2n) is 6.21. The van der Waals surface area contributed by atoms with E-state index < -0.39 is 0 Å². The first kappa shape index (κ1) is 16.7. The Hall–Kier alpha value is -2.73. The Morgan fingerprint density at radius 3 is 2.81 bits per heavy atom. The average Bonchev–Trinajstić information content (AvgIpc) is 3.26. The highest BCUT2D eigenvalue weighted by atomic mass is 32.1. The maximum Gasteiger partial charge on any atom is 0.337 e. The number of allylic oxidation sites excluding steroid dienone is 1. The topological polar surface area (TPSA) is 61.2 Å². The van der Waals surface area contributed by atoms with E-state index in [2.05, 4.69) is 6.92 Å². The minimum absolute atomic E-state index is 0.0467. The summed E-state index contributed by atoms with van der Waals surface area (Å²) < 4.78 is 6.49. The number of carbonyl (C=O) groups is 1. The molecule has 0 radical (unpaired) electrons. The monoisotopic (exact) mass is 366 g/mol. The summed E-state index contributed by atoms with van der Waals surface area (Å²) in [5, 5.41) is 0.722. The van der Waals surface area contributed by atoms with Gasteiger partial charge < -0.3 is 4.74 Å². The van der Waals surface area contributed by atoms with Crippen LogP contribution in [0.4, 0.5) is 0 Å². The fraction of sp³-hybridized carbons (Fsp3) is 0.250. The Morgan fingerprint density at radius 2 is 2.12 bits per heavy atom. The molecule has 0 aliphatic carbocycles. The molecule has 0 atom stereocenters. The van der Waals surface area contributed by atoms with E-state index in [0.29, 0.717) is 12.1 Å². The minimum atomic E-state index is -0.351. The highest BCUT2D eigenvalue weighted by molar-refractivity contribution is 7.18. The third kappa shape index (κ3) is 2.76. The lowest BCUT2D eigenvalue weighted by atomic mass is 10.1. The van der Waals surface area contributed by atoms with Crippen molar-refractivity contribution in [2.24, 2.45) is 0 Å². The fourth-order valence-electron chi connectivity index (χ4n) is 3.21. The number of aryl methyl sites for hydroxylation is 1. The Morgan fingerprint density at radius 1 is 1.35 bits per heavy atom. The number of ether oxygens (including phenoxy) is 1. The standard InChI is InChI=1S/C20H18N2O3S/c1-3-15-11-16-18(26-15)21-17-14(8-9-22(17)19(16)23)10-12-4-6-13(7-5-12)20(24)25-2/h4-7,10-11H,3,8-9H2,1-2H3/b14-10+. The summed E-state index contributed by atoms with van der Waals surface area (Å²) in [6.07, 6.45) is 3.72. The molecule has 0 fully saturated rings. The molecule has 1 aliphatic heterocycles. The summed E-state index contributed by atoms with van der Waals surface area (Å²) in [6, 6.07) is 9.20. The zero-order chi connectivity index (χ0) is 18.3. The number of hydrogen-bond acceptors (Lipinski definition) is 5. The van der Waals surface area contributed by atoms with Crippen molar-refractivity contribution in [1.82, 2.24) is 9.55 Å². The lowest BCUT2D eigenvalue weighted by molar-refractivity contribution is 0.0600. The number of benzene rings is 1. The van der Waals surface area contributed by atoms with Crippen molar-refractivity contribution in [3.05, 3.63) is 62.5 Å². The van der Waals surface area contributed by atoms with Gasteiger partial charge in [0.2, 0.25) is 0 Å². The molecule has 0 saturated heterocycles. The van der Waals surface area contributed by atoms with Gasteiger partial charge >= 0.3 is 5.97 Å². The summed E-state index contributed by atoms with van der Waals surface area (Å²) >= 11 is 1.59. The zero-order valence-corrected chi connectivity index (χ0v) is 15.4. The quantitative estimate of drug-likeness (QED) is 0.663. The first-order valence-corrected chi connectivity index (χ1v) is 9.35. The predicted octanol–water partition coefficient (Wildman–Crippen LogP) is 3.75. The van der Waals surface area contributed by atoms with E-state index in [0.717, 1.165) is 40.0 Å². The van der Waals surface area contributed by atoms with Crippen molar-refractivity contribution in [1.29, 1.82) is 0 Å². The van der Waals surface area contributed by atoms with Crippen molar-refractivity contribution in [3.63, 3.8) is 0 Å². The van der Waals surface area contributed by atoms with Gasteiger partial charge in [0, 0.05) is 11.4 Å². The highest BCUT2D eigenvalue weighted by Gasteiger charge is 2.22. The van der Waals surface area contributed by atoms with Gasteiger partial charge in [0.1, 0.15) is 10.7 Å². The van der Waals surface area contributed by atoms with E-state index in [9.17, 15) is 9.59 Å². The van der Waals surface area contributed by atoms with Gasteiger partial charge in [0.15, 0.2) is 0 Å². The van der Waals surface area contributed by atoms with Crippen LogP contribution in [-0.4, -0.2) is 22.6 Å². The van der Waals surface area contributed by atoms with Gasteiger partial charge in [0.25, 0.3) is 5.56 Å². The van der Waals surface area contributed by atoms with Crippen LogP contribution in [0.1, 0.15) is 40.0 Å². The lowest BCUT2D eigenvalue weighted by Gasteiger charge is -2.03. The Balaban J connectivity index is 1.75. The van der Waals surface area contributed by atoms with Crippen molar-refractivity contribution in [2.45, 2.75) is 26.3 Å². The molecular weight excluding hydrogens is 348 g/mol. The number of thiophene rings is 1. The minimum Gasteiger partial charge on any atom is -0.465 e. The van der Waals surface area contributed by atoms with Crippen molar-refractivity contribution in [3.8, 4) is 0 Å². The number of esters is 1. The van der Waals surface area contributed by atoms with Gasteiger partial charge in [-0.1, -0.05) is 19.1 Å². The van der Waals surface area contributed by atoms with Gasteiger partial charge in [-0.05, 0) is 48.3 Å². The van der Waals surface area contributed by atoms with Crippen LogP contribution < -0.4 is 5.56 Å². The van der Waals surface area contributed by atoms with Crippen LogP contribution in [0, 0.1) is 0 Å². The van der Waals surface area contributed by atoms with E-state index >= 15 is 0 Å². The Kier molecular flexibility index (Phi) is 4.20. The van der Waals surface area contributed by atoms with Crippen LogP contribution in [0.15, 0.2) is 35.1 Å². The van der Waals surface area contributed by atoms with Gasteiger partial charge in [0.05, 0.1) is 18.1 Å². The second-order valence-corrected chi connectivity index (χ2v) is 7.33. The molecule has 0 spiro atoms. The predicted molar refractivity (Wildman–Crippen MR) is 104 cm³/mol. The van der Waals surface area contributed by atoms with Crippen molar-refractivity contribution in [2.75, 3.05) is 7.11 Å². The largest absolute Gasteiger partial charge is 0.465 e. The smallest absolute Gasteiger partial charge is 0.337 e. The number of rotatable bonds is 3. The van der Waals surface area contributed by atoms with E-state index in [1.165, 1.54) is 12.0 Å². The van der Waals surface area contributed by atoms with Crippen LogP contribution in [0.5, 0.6) is 0 Å². The van der Waals surface area contributed by atoms with Crippen LogP contribution in [0.2, 0.25) is 0 Å². The Bertz CT molecular complexity index is 1090. The highest BCUT2D eigenvalue weighted by Crippen LogP contribution is 2.30. The van der Waals surface area contributed by atoms with Gasteiger partial charge in [-0.2, -0.15) is 0 Å². The summed E-state index contributed by atoms with van der Waals surface area (Å²) in [5.74, 6) is 0.402. The zero-order valence-electron chi connectivity index (χ0n) is 14.6. The molecule has 26 heavy (non-hydrogen) atoms. The molecule has 132 valence electrons. The van der Waals surface area contributed by atoms with Crippen molar-refractivity contribution < 1.29 is 9.53 Å². The summed E-state index contributed by atoms with van der Waals surface area (Å²) in [5.41, 5.74) is 2.57. The van der Waals surface area contributed by atoms with E-state index in [4.69, 9.17) is 9.72 Å². The molecule has 3 aromatic rings. The third-order valence-corrected chi connectivity index (χ3v) is 5.79. The third-order valence-electron chi connectivity index (χ3n) is 4.62. The fourth-order valence-corrected chi connectivity index (χ4v) is 4.17. The van der Waals surface area contributed by atoms with Gasteiger partial charge in [-0.25, -0.2) is 9.78 Å². The number of nitrogens with zero attached hydrogens (tertiary/aromatic N) is 2. The SMILES string of the molecule is CCc1cc2c(=O)n3c(nc2s1)/C(=C/c1ccc(C(=O)OC)cc1)CC3. The van der Waals surface area contributed by atoms with E-state index in [1.807, 2.05) is 24.3 Å². The maximum atomic E-state index is 12.8. The molecule has 4 rings (SSSR count). The number of aromatic nitrogens is 2. The molecule has 3 heterocycles. The normalized spacial score (nSPS) is 14.8. The number of methoxy groups -OCH3 is 1. The Labute approximate surface area is 154 Å². The molecule has 2 aromatic heterocycles. The summed E-state index contributed by atoms with van der Waals surface area (Å²) in [6.45, 7) is 2.74. The first-order valence-electron chi connectivity index (χ1n) is 8.53. The number of fused-ring (bicyclic) bond motifs is 2. The van der Waals surface area contributed by atoms with Crippen molar-refractivity contribution >= 4 is 39.2 Å². The molecule has 0 saturated carbocycles. The van der Waals surface area contributed by atoms with Gasteiger partial charge in [-0.3, -0.25) is 9.36 Å². The molecule has 0 bridgehead atoms. The van der Waals surface area contributed by atoms with E-state index in [-0.39, 0.29) is 11.5 Å². The van der Waals surface area contributed by atoms with Crippen LogP contribution in [0.25, 0.3) is 21.9 Å². The molecule has 6 heteroatoms. The van der Waals surface area contributed by atoms with Crippen LogP contribution >= 0.6 is 11.3 Å². The molecule has 1 aromatic carbocycles. The van der Waals surface area contributed by atoms with Crippen LogP contribution in [-0.2, 0) is 17.7 Å². The summed E-state index contributed by atoms with van der Waals surface area (Å²) in [4.78, 5) is 31.0. The summed E-state index contributed by atoms with van der Waals surface area (Å²) in [7, 11) is 1.37. The number of carbonyl (C=O) groups excluding carboxylic acids is 1. The molecule has 0 unspecified atom stereocenters. The molecule has 1 aliphatic rings.